The molecule has 39 heavy (non-hydrogen) atoms. The summed E-state index contributed by atoms with van der Waals surface area (Å²) in [6.45, 7) is 3.97. The van der Waals surface area contributed by atoms with Crippen LogP contribution in [0.1, 0.15) is 29.8 Å². The third-order valence-corrected chi connectivity index (χ3v) is 6.85. The maximum absolute atomic E-state index is 14.0. The molecule has 11 heteroatoms. The number of rotatable bonds is 8. The summed E-state index contributed by atoms with van der Waals surface area (Å²) in [4.78, 5) is 43.2. The lowest BCUT2D eigenvalue weighted by Gasteiger charge is -2.14. The third kappa shape index (κ3) is 5.88. The third-order valence-electron chi connectivity index (χ3n) is 5.87. The van der Waals surface area contributed by atoms with Crippen molar-refractivity contribution in [3.63, 3.8) is 0 Å². The summed E-state index contributed by atoms with van der Waals surface area (Å²) in [7, 11) is 0. The van der Waals surface area contributed by atoms with E-state index < -0.39 is 11.7 Å². The molecule has 0 bridgehead atoms. The van der Waals surface area contributed by atoms with Crippen LogP contribution in [-0.2, 0) is 11.3 Å². The zero-order valence-electron chi connectivity index (χ0n) is 21.2. The Morgan fingerprint density at radius 3 is 2.51 bits per heavy atom. The van der Waals surface area contributed by atoms with Gasteiger partial charge in [0.05, 0.1) is 28.9 Å². The van der Waals surface area contributed by atoms with E-state index in [0.29, 0.717) is 33.1 Å². The molecule has 0 saturated carbocycles. The Labute approximate surface area is 227 Å². The molecule has 2 amide bonds. The van der Waals surface area contributed by atoms with E-state index in [0.717, 1.165) is 17.3 Å². The van der Waals surface area contributed by atoms with Gasteiger partial charge in [-0.05, 0) is 49.7 Å². The zero-order valence-corrected chi connectivity index (χ0v) is 22.0. The minimum atomic E-state index is -0.543. The molecule has 2 heterocycles. The molecule has 0 saturated heterocycles. The monoisotopic (exact) mass is 548 g/mol. The Hall–Kier alpha value is -4.38. The van der Waals surface area contributed by atoms with Crippen molar-refractivity contribution in [2.24, 2.45) is 0 Å². The van der Waals surface area contributed by atoms with Gasteiger partial charge in [-0.3, -0.25) is 19.0 Å². The van der Waals surface area contributed by atoms with Crippen molar-refractivity contribution < 1.29 is 23.5 Å². The largest absolute Gasteiger partial charge is 0.454 e. The molecule has 4 aromatic rings. The smallest absolute Gasteiger partial charge is 0.262 e. The molecule has 1 aliphatic heterocycles. The quantitative estimate of drug-likeness (QED) is 0.251. The first-order valence-electron chi connectivity index (χ1n) is 12.2. The summed E-state index contributed by atoms with van der Waals surface area (Å²) >= 11 is 1.06. The summed E-state index contributed by atoms with van der Waals surface area (Å²) < 4.78 is 26.3. The predicted octanol–water partition coefficient (Wildman–Crippen LogP) is 4.18. The van der Waals surface area contributed by atoms with Crippen LogP contribution in [0.5, 0.6) is 11.5 Å². The first-order chi connectivity index (χ1) is 18.8. The summed E-state index contributed by atoms with van der Waals surface area (Å²) in [6.07, 6.45) is 0. The van der Waals surface area contributed by atoms with Crippen LogP contribution in [0.2, 0.25) is 0 Å². The Morgan fingerprint density at radius 1 is 1.08 bits per heavy atom. The molecule has 0 aliphatic carbocycles. The van der Waals surface area contributed by atoms with E-state index in [1.807, 2.05) is 13.8 Å². The van der Waals surface area contributed by atoms with Gasteiger partial charge >= 0.3 is 0 Å². The van der Waals surface area contributed by atoms with E-state index in [2.05, 4.69) is 15.6 Å². The van der Waals surface area contributed by atoms with Crippen LogP contribution in [0.4, 0.5) is 10.1 Å². The fourth-order valence-electron chi connectivity index (χ4n) is 4.01. The maximum atomic E-state index is 14.0. The highest BCUT2D eigenvalue weighted by atomic mass is 32.2. The molecule has 1 aromatic heterocycles. The number of fused-ring (bicyclic) bond motifs is 2. The first kappa shape index (κ1) is 26.2. The van der Waals surface area contributed by atoms with Crippen molar-refractivity contribution >= 4 is 40.2 Å². The van der Waals surface area contributed by atoms with Gasteiger partial charge in [0.15, 0.2) is 16.7 Å². The van der Waals surface area contributed by atoms with Crippen molar-refractivity contribution in [3.05, 3.63) is 88.0 Å². The average molecular weight is 549 g/mol. The van der Waals surface area contributed by atoms with Gasteiger partial charge in [0.1, 0.15) is 5.82 Å². The minimum Gasteiger partial charge on any atom is -0.454 e. The summed E-state index contributed by atoms with van der Waals surface area (Å²) in [6, 6.07) is 16.0. The van der Waals surface area contributed by atoms with Crippen molar-refractivity contribution in [1.82, 2.24) is 14.9 Å². The minimum absolute atomic E-state index is 0.00502. The molecule has 0 radical (unpaired) electrons. The molecule has 3 aromatic carbocycles. The molecular weight excluding hydrogens is 523 g/mol. The van der Waals surface area contributed by atoms with Gasteiger partial charge in [0.2, 0.25) is 12.7 Å². The van der Waals surface area contributed by atoms with Crippen LogP contribution in [0.25, 0.3) is 10.9 Å². The second-order valence-corrected chi connectivity index (χ2v) is 10.1. The Bertz CT molecular complexity index is 1620. The number of carbonyl (C=O) groups is 2. The number of amides is 2. The number of benzene rings is 3. The number of anilines is 1. The molecule has 200 valence electrons. The highest BCUT2D eigenvalue weighted by Gasteiger charge is 2.20. The molecule has 1 aliphatic rings. The van der Waals surface area contributed by atoms with Crippen molar-refractivity contribution in [2.45, 2.75) is 31.6 Å². The lowest BCUT2D eigenvalue weighted by Crippen LogP contribution is -2.30. The molecule has 0 unspecified atom stereocenters. The SMILES string of the molecule is CC(C)NC(=O)c1ccc(Cn2c(SCC(=O)Nc3ccccc3F)nc3cc4c(cc3c2=O)OCO4)cc1. The standard InChI is InChI=1S/C28H25FN4O5S/c1-16(2)30-26(35)18-9-7-17(8-10-18)13-33-27(36)19-11-23-24(38-15-37-23)12-22(19)32-28(33)39-14-25(34)31-21-6-4-3-5-20(21)29/h3-12,16H,13-15H2,1-2H3,(H,30,35)(H,31,34). The van der Waals surface area contributed by atoms with Gasteiger partial charge in [-0.2, -0.15) is 0 Å². The lowest BCUT2D eigenvalue weighted by molar-refractivity contribution is -0.113. The fraction of sp³-hybridized carbons (Fsp3) is 0.214. The molecule has 5 rings (SSSR count). The second kappa shape index (κ2) is 11.2. The molecule has 0 atom stereocenters. The highest BCUT2D eigenvalue weighted by molar-refractivity contribution is 7.99. The number of hydrogen-bond donors (Lipinski definition) is 2. The van der Waals surface area contributed by atoms with E-state index in [4.69, 9.17) is 9.47 Å². The fourth-order valence-corrected chi connectivity index (χ4v) is 4.81. The average Bonchev–Trinajstić information content (AvgIpc) is 3.37. The number of aromatic nitrogens is 2. The Morgan fingerprint density at radius 2 is 1.79 bits per heavy atom. The highest BCUT2D eigenvalue weighted by Crippen LogP contribution is 2.35. The number of hydrogen-bond acceptors (Lipinski definition) is 7. The van der Waals surface area contributed by atoms with E-state index >= 15 is 0 Å². The second-order valence-electron chi connectivity index (χ2n) is 9.15. The topological polar surface area (TPSA) is 112 Å². The normalized spacial score (nSPS) is 12.1. The molecule has 9 nitrogen and oxygen atoms in total. The summed E-state index contributed by atoms with van der Waals surface area (Å²) in [5.74, 6) is -0.344. The summed E-state index contributed by atoms with van der Waals surface area (Å²) in [5, 5.41) is 6.03. The Balaban J connectivity index is 1.44. The van der Waals surface area contributed by atoms with Crippen LogP contribution >= 0.6 is 11.8 Å². The molecule has 0 spiro atoms. The number of thioether (sulfide) groups is 1. The van der Waals surface area contributed by atoms with E-state index in [1.165, 1.54) is 22.8 Å². The maximum Gasteiger partial charge on any atom is 0.262 e. The van der Waals surface area contributed by atoms with E-state index in [9.17, 15) is 18.8 Å². The van der Waals surface area contributed by atoms with E-state index in [1.54, 1.807) is 42.5 Å². The predicted molar refractivity (Wildman–Crippen MR) is 146 cm³/mol. The van der Waals surface area contributed by atoms with Crippen molar-refractivity contribution in [3.8, 4) is 11.5 Å². The van der Waals surface area contributed by atoms with Gasteiger partial charge in [0, 0.05) is 17.7 Å². The van der Waals surface area contributed by atoms with Gasteiger partial charge < -0.3 is 20.1 Å². The first-order valence-corrected chi connectivity index (χ1v) is 13.2. The number of halogens is 1. The van der Waals surface area contributed by atoms with Gasteiger partial charge in [0.25, 0.3) is 11.5 Å². The number of ether oxygens (including phenoxy) is 2. The zero-order chi connectivity index (χ0) is 27.5. The Kier molecular flexibility index (Phi) is 7.51. The van der Waals surface area contributed by atoms with Crippen LogP contribution in [-0.4, -0.2) is 40.0 Å². The number of nitrogens with zero attached hydrogens (tertiary/aromatic N) is 2. The van der Waals surface area contributed by atoms with Gasteiger partial charge in [-0.25, -0.2) is 9.37 Å². The van der Waals surface area contributed by atoms with E-state index in [-0.39, 0.29) is 42.3 Å². The molecule has 0 fully saturated rings. The van der Waals surface area contributed by atoms with Crippen molar-refractivity contribution in [1.29, 1.82) is 0 Å². The molecule has 2 N–H and O–H groups in total. The number of para-hydroxylation sites is 1. The lowest BCUT2D eigenvalue weighted by atomic mass is 10.1. The van der Waals surface area contributed by atoms with Crippen LogP contribution in [0.3, 0.4) is 0 Å². The van der Waals surface area contributed by atoms with Crippen molar-refractivity contribution in [2.75, 3.05) is 17.9 Å². The van der Waals surface area contributed by atoms with Gasteiger partial charge in [-0.15, -0.1) is 0 Å². The number of nitrogens with one attached hydrogen (secondary N) is 2. The number of carbonyl (C=O) groups excluding carboxylic acids is 2. The van der Waals surface area contributed by atoms with Crippen LogP contribution < -0.4 is 25.7 Å². The van der Waals surface area contributed by atoms with Crippen LogP contribution in [0, 0.1) is 5.82 Å². The van der Waals surface area contributed by atoms with Gasteiger partial charge in [-0.1, -0.05) is 36.0 Å². The van der Waals surface area contributed by atoms with Crippen LogP contribution in [0.15, 0.2) is 70.6 Å². The summed E-state index contributed by atoms with van der Waals surface area (Å²) in [5.41, 5.74) is 1.41. The molecular formula is C28H25FN4O5S.